The number of hydrogen-bond acceptors (Lipinski definition) is 2. The van der Waals surface area contributed by atoms with E-state index in [4.69, 9.17) is 11.6 Å². The lowest BCUT2D eigenvalue weighted by molar-refractivity contribution is 0.616. The Morgan fingerprint density at radius 1 is 1.35 bits per heavy atom. The number of rotatable bonds is 6. The normalized spacial score (nSPS) is 10.9. The summed E-state index contributed by atoms with van der Waals surface area (Å²) in [5.74, 6) is 0.633. The summed E-state index contributed by atoms with van der Waals surface area (Å²) in [5.41, 5.74) is 2.45. The van der Waals surface area contributed by atoms with Crippen LogP contribution in [0.4, 0.5) is 5.69 Å². The van der Waals surface area contributed by atoms with Gasteiger partial charge in [0, 0.05) is 19.6 Å². The minimum absolute atomic E-state index is 0.633. The molecule has 0 amide bonds. The molecule has 17 heavy (non-hydrogen) atoms. The third-order valence-corrected chi connectivity index (χ3v) is 3.03. The largest absolute Gasteiger partial charge is 0.370 e. The fourth-order valence-corrected chi connectivity index (χ4v) is 2.38. The summed E-state index contributed by atoms with van der Waals surface area (Å²) in [6.07, 6.45) is 0. The van der Waals surface area contributed by atoms with E-state index in [1.54, 1.807) is 0 Å². The maximum atomic E-state index is 6.35. The zero-order chi connectivity index (χ0) is 12.8. The lowest BCUT2D eigenvalue weighted by Crippen LogP contribution is -2.29. The van der Waals surface area contributed by atoms with Crippen molar-refractivity contribution in [2.24, 2.45) is 5.92 Å². The molecule has 1 N–H and O–H groups in total. The fourth-order valence-electron chi connectivity index (χ4n) is 2.07. The van der Waals surface area contributed by atoms with E-state index in [9.17, 15) is 0 Å². The Bertz CT molecular complexity index is 350. The highest BCUT2D eigenvalue weighted by Gasteiger charge is 2.14. The van der Waals surface area contributed by atoms with Crippen LogP contribution in [0, 0.1) is 5.92 Å². The minimum Gasteiger partial charge on any atom is -0.370 e. The molecule has 0 radical (unpaired) electrons. The first-order chi connectivity index (χ1) is 8.10. The third-order valence-electron chi connectivity index (χ3n) is 2.72. The predicted molar refractivity (Wildman–Crippen MR) is 76.9 cm³/mol. The Hall–Kier alpha value is -0.730. The lowest BCUT2D eigenvalue weighted by Gasteiger charge is -2.28. The van der Waals surface area contributed by atoms with Gasteiger partial charge in [-0.3, -0.25) is 0 Å². The van der Waals surface area contributed by atoms with Crippen LogP contribution in [0.15, 0.2) is 18.2 Å². The van der Waals surface area contributed by atoms with Crippen molar-refractivity contribution in [3.05, 3.63) is 28.8 Å². The molecular formula is C14H23ClN2. The lowest BCUT2D eigenvalue weighted by atomic mass is 10.1. The Labute approximate surface area is 110 Å². The van der Waals surface area contributed by atoms with E-state index in [-0.39, 0.29) is 0 Å². The van der Waals surface area contributed by atoms with Crippen molar-refractivity contribution in [3.8, 4) is 0 Å². The van der Waals surface area contributed by atoms with E-state index in [1.807, 2.05) is 19.2 Å². The quantitative estimate of drug-likeness (QED) is 0.835. The molecule has 0 aliphatic carbocycles. The molecule has 0 heterocycles. The number of hydrogen-bond donors (Lipinski definition) is 1. The first-order valence-corrected chi connectivity index (χ1v) is 6.64. The molecule has 0 fully saturated rings. The Balaban J connectivity index is 3.06. The van der Waals surface area contributed by atoms with Crippen LogP contribution in [0.3, 0.4) is 0 Å². The van der Waals surface area contributed by atoms with Crippen molar-refractivity contribution in [1.82, 2.24) is 5.32 Å². The van der Waals surface area contributed by atoms with E-state index in [0.29, 0.717) is 5.92 Å². The molecule has 0 unspecified atom stereocenters. The van der Waals surface area contributed by atoms with Gasteiger partial charge >= 0.3 is 0 Å². The zero-order valence-corrected chi connectivity index (χ0v) is 12.0. The maximum absolute atomic E-state index is 6.35. The summed E-state index contributed by atoms with van der Waals surface area (Å²) in [6.45, 7) is 9.52. The molecule has 0 aromatic heterocycles. The Kier molecular flexibility index (Phi) is 5.79. The van der Waals surface area contributed by atoms with Crippen molar-refractivity contribution < 1.29 is 0 Å². The summed E-state index contributed by atoms with van der Waals surface area (Å²) >= 11 is 6.35. The predicted octanol–water partition coefficient (Wildman–Crippen LogP) is 3.54. The summed E-state index contributed by atoms with van der Waals surface area (Å²) in [4.78, 5) is 2.36. The van der Waals surface area contributed by atoms with Crippen LogP contribution in [-0.4, -0.2) is 20.1 Å². The summed E-state index contributed by atoms with van der Waals surface area (Å²) < 4.78 is 0. The monoisotopic (exact) mass is 254 g/mol. The molecule has 0 aliphatic heterocycles. The summed E-state index contributed by atoms with van der Waals surface area (Å²) in [5, 5.41) is 4.05. The molecule has 0 saturated heterocycles. The number of nitrogens with zero attached hydrogens (tertiary/aromatic N) is 1. The van der Waals surface area contributed by atoms with E-state index in [2.05, 4.69) is 37.1 Å². The van der Waals surface area contributed by atoms with Crippen LogP contribution >= 0.6 is 11.6 Å². The van der Waals surface area contributed by atoms with Crippen LogP contribution in [0.5, 0.6) is 0 Å². The molecule has 1 aromatic carbocycles. The van der Waals surface area contributed by atoms with Gasteiger partial charge in [0.2, 0.25) is 0 Å². The SMILES string of the molecule is CCN(CC(C)C)c1c(Cl)cccc1CNC. The van der Waals surface area contributed by atoms with Crippen LogP contribution < -0.4 is 10.2 Å². The van der Waals surface area contributed by atoms with Crippen molar-refractivity contribution >= 4 is 17.3 Å². The average Bonchev–Trinajstić information content (AvgIpc) is 2.27. The van der Waals surface area contributed by atoms with Gasteiger partial charge in [0.25, 0.3) is 0 Å². The van der Waals surface area contributed by atoms with Gasteiger partial charge < -0.3 is 10.2 Å². The maximum Gasteiger partial charge on any atom is 0.0642 e. The molecule has 1 aromatic rings. The smallest absolute Gasteiger partial charge is 0.0642 e. The number of benzene rings is 1. The number of anilines is 1. The molecule has 2 nitrogen and oxygen atoms in total. The third kappa shape index (κ3) is 3.90. The second-order valence-electron chi connectivity index (χ2n) is 4.71. The topological polar surface area (TPSA) is 15.3 Å². The minimum atomic E-state index is 0.633. The van der Waals surface area contributed by atoms with Crippen LogP contribution in [-0.2, 0) is 6.54 Å². The second-order valence-corrected chi connectivity index (χ2v) is 5.12. The van der Waals surface area contributed by atoms with Crippen molar-refractivity contribution in [3.63, 3.8) is 0 Å². The van der Waals surface area contributed by atoms with E-state index in [1.165, 1.54) is 11.3 Å². The van der Waals surface area contributed by atoms with Gasteiger partial charge in [-0.1, -0.05) is 37.6 Å². The Morgan fingerprint density at radius 2 is 2.06 bits per heavy atom. The van der Waals surface area contributed by atoms with Crippen molar-refractivity contribution in [2.45, 2.75) is 27.3 Å². The zero-order valence-electron chi connectivity index (χ0n) is 11.3. The number of halogens is 1. The van der Waals surface area contributed by atoms with Crippen LogP contribution in [0.2, 0.25) is 5.02 Å². The molecule has 0 atom stereocenters. The van der Waals surface area contributed by atoms with Gasteiger partial charge in [0.15, 0.2) is 0 Å². The first-order valence-electron chi connectivity index (χ1n) is 6.27. The van der Waals surface area contributed by atoms with Gasteiger partial charge in [0.05, 0.1) is 10.7 Å². The molecule has 0 aliphatic rings. The van der Waals surface area contributed by atoms with E-state index in [0.717, 1.165) is 24.7 Å². The molecule has 0 bridgehead atoms. The fraction of sp³-hybridized carbons (Fsp3) is 0.571. The van der Waals surface area contributed by atoms with Gasteiger partial charge in [-0.15, -0.1) is 0 Å². The van der Waals surface area contributed by atoms with Gasteiger partial charge in [-0.05, 0) is 31.5 Å². The highest BCUT2D eigenvalue weighted by atomic mass is 35.5. The van der Waals surface area contributed by atoms with Gasteiger partial charge in [-0.25, -0.2) is 0 Å². The molecule has 1 rings (SSSR count). The van der Waals surface area contributed by atoms with E-state index >= 15 is 0 Å². The van der Waals surface area contributed by atoms with E-state index < -0.39 is 0 Å². The average molecular weight is 255 g/mol. The second kappa shape index (κ2) is 6.87. The summed E-state index contributed by atoms with van der Waals surface area (Å²) in [7, 11) is 1.96. The van der Waals surface area contributed by atoms with Gasteiger partial charge in [0.1, 0.15) is 0 Å². The van der Waals surface area contributed by atoms with Crippen LogP contribution in [0.1, 0.15) is 26.3 Å². The number of para-hydroxylation sites is 1. The Morgan fingerprint density at radius 3 is 2.59 bits per heavy atom. The highest BCUT2D eigenvalue weighted by molar-refractivity contribution is 6.33. The van der Waals surface area contributed by atoms with Crippen molar-refractivity contribution in [1.29, 1.82) is 0 Å². The first kappa shape index (κ1) is 14.3. The molecule has 0 saturated carbocycles. The van der Waals surface area contributed by atoms with Crippen LogP contribution in [0.25, 0.3) is 0 Å². The summed E-state index contributed by atoms with van der Waals surface area (Å²) in [6, 6.07) is 6.13. The molecule has 3 heteroatoms. The molecule has 0 spiro atoms. The molecule has 96 valence electrons. The molecular weight excluding hydrogens is 232 g/mol. The van der Waals surface area contributed by atoms with Crippen molar-refractivity contribution in [2.75, 3.05) is 25.0 Å². The standard InChI is InChI=1S/C14H23ClN2/c1-5-17(10-11(2)3)14-12(9-16-4)7-6-8-13(14)15/h6-8,11,16H,5,9-10H2,1-4H3. The van der Waals surface area contributed by atoms with Gasteiger partial charge in [-0.2, -0.15) is 0 Å². The number of nitrogens with one attached hydrogen (secondary N) is 1. The highest BCUT2D eigenvalue weighted by Crippen LogP contribution is 2.30.